The van der Waals surface area contributed by atoms with Crippen LogP contribution in [0.25, 0.3) is 11.0 Å². The first-order chi connectivity index (χ1) is 19.4. The number of hydrogen-bond donors (Lipinski definition) is 0. The van der Waals surface area contributed by atoms with E-state index in [1.807, 2.05) is 47.2 Å². The monoisotopic (exact) mass is 612 g/mol. The molecule has 0 saturated carbocycles. The summed E-state index contributed by atoms with van der Waals surface area (Å²) in [6.45, 7) is 4.94. The first-order valence-electron chi connectivity index (χ1n) is 14.2. The van der Waals surface area contributed by atoms with Gasteiger partial charge in [-0.3, -0.25) is 18.7 Å². The van der Waals surface area contributed by atoms with E-state index in [1.54, 1.807) is 19.3 Å². The number of pyridine rings is 1. The number of fused-ring (bicyclic) bond motifs is 1. The summed E-state index contributed by atoms with van der Waals surface area (Å²) in [5.74, 6) is 0.872. The van der Waals surface area contributed by atoms with Gasteiger partial charge in [0.05, 0.1) is 5.52 Å². The zero-order valence-electron chi connectivity index (χ0n) is 24.1. The van der Waals surface area contributed by atoms with Crippen LogP contribution in [0, 0.1) is 0 Å². The number of anilines is 1. The number of piperidine rings is 2. The largest absolute Gasteiger partial charge is 0.357 e. The lowest BCUT2D eigenvalue weighted by atomic mass is 10.00. The highest BCUT2D eigenvalue weighted by atomic mass is 35.5. The average molecular weight is 614 g/mol. The normalized spacial score (nSPS) is 16.2. The molecule has 0 unspecified atom stereocenters. The minimum Gasteiger partial charge on any atom is -0.357 e. The van der Waals surface area contributed by atoms with Crippen LogP contribution in [0.15, 0.2) is 64.4 Å². The van der Waals surface area contributed by atoms with E-state index in [0.29, 0.717) is 34.7 Å². The molecule has 1 aromatic carbocycles. The van der Waals surface area contributed by atoms with Crippen molar-refractivity contribution in [3.8, 4) is 0 Å². The second-order valence-corrected chi connectivity index (χ2v) is 11.1. The van der Waals surface area contributed by atoms with Crippen LogP contribution >= 0.6 is 24.8 Å². The number of aryl methyl sites for hydroxylation is 1. The molecule has 224 valence electrons. The maximum atomic E-state index is 13.2. The van der Waals surface area contributed by atoms with Gasteiger partial charge in [-0.1, -0.05) is 30.7 Å². The number of nitrogens with zero attached hydrogens (tertiary/aromatic N) is 6. The van der Waals surface area contributed by atoms with Gasteiger partial charge in [-0.05, 0) is 62.5 Å². The molecule has 42 heavy (non-hydrogen) atoms. The first-order valence-corrected chi connectivity index (χ1v) is 14.2. The summed E-state index contributed by atoms with van der Waals surface area (Å²) in [5, 5.41) is 0. The topological polar surface area (TPSA) is 85.4 Å². The zero-order chi connectivity index (χ0) is 27.8. The number of ketones is 1. The van der Waals surface area contributed by atoms with Gasteiger partial charge in [-0.15, -0.1) is 24.8 Å². The van der Waals surface area contributed by atoms with Crippen LogP contribution in [0.5, 0.6) is 0 Å². The summed E-state index contributed by atoms with van der Waals surface area (Å²) in [5.41, 5.74) is 2.52. The minimum atomic E-state index is -0.349. The van der Waals surface area contributed by atoms with Gasteiger partial charge in [0.1, 0.15) is 11.3 Å². The van der Waals surface area contributed by atoms with Crippen LogP contribution in [0.3, 0.4) is 0 Å². The summed E-state index contributed by atoms with van der Waals surface area (Å²) in [7, 11) is 3.15. The van der Waals surface area contributed by atoms with Crippen LogP contribution in [0.2, 0.25) is 0 Å². The maximum Gasteiger partial charge on any atom is 0.331 e. The molecule has 0 bridgehead atoms. The molecule has 0 N–H and O–H groups in total. The van der Waals surface area contributed by atoms with Gasteiger partial charge >= 0.3 is 5.69 Å². The van der Waals surface area contributed by atoms with Crippen LogP contribution in [0.1, 0.15) is 53.6 Å². The number of carbonyl (C=O) groups excluding carboxylic acids is 1. The van der Waals surface area contributed by atoms with Crippen molar-refractivity contribution >= 4 is 47.4 Å². The molecule has 3 aromatic heterocycles. The lowest BCUT2D eigenvalue weighted by Crippen LogP contribution is -2.46. The Hall–Kier alpha value is -3.40. The highest BCUT2D eigenvalue weighted by Gasteiger charge is 2.26. The van der Waals surface area contributed by atoms with Crippen LogP contribution in [0.4, 0.5) is 5.82 Å². The highest BCUT2D eigenvalue weighted by molar-refractivity contribution is 6.08. The fourth-order valence-electron chi connectivity index (χ4n) is 6.25. The van der Waals surface area contributed by atoms with Crippen molar-refractivity contribution in [3.05, 3.63) is 92.4 Å². The van der Waals surface area contributed by atoms with Gasteiger partial charge in [0.25, 0.3) is 5.56 Å². The van der Waals surface area contributed by atoms with E-state index < -0.39 is 0 Å². The van der Waals surface area contributed by atoms with Crippen molar-refractivity contribution in [1.82, 2.24) is 23.6 Å². The zero-order valence-corrected chi connectivity index (χ0v) is 25.7. The first kappa shape index (κ1) is 31.5. The molecule has 4 aromatic rings. The van der Waals surface area contributed by atoms with Gasteiger partial charge in [0.15, 0.2) is 5.78 Å². The Kier molecular flexibility index (Phi) is 9.97. The summed E-state index contributed by atoms with van der Waals surface area (Å²) >= 11 is 0. The van der Waals surface area contributed by atoms with Gasteiger partial charge < -0.3 is 14.4 Å². The molecule has 2 aliphatic heterocycles. The molecule has 0 spiro atoms. The lowest BCUT2D eigenvalue weighted by molar-refractivity contribution is 0.103. The standard InChI is InChI=1S/C31H36N6O3.2ClH/c1-33-26-14-19-37(28(26)30(39)34(2)31(33)40)21-22-6-8-23(9-7-22)29(38)24-10-11-27(32-20-24)36-17-12-25(13-18-36)35-15-4-3-5-16-35;;/h6-11,14,19-20,25H,3-5,12-13,15-18,21H2,1-2H3;2*1H. The maximum absolute atomic E-state index is 13.2. The Morgan fingerprint density at radius 1 is 0.833 bits per heavy atom. The molecular weight excluding hydrogens is 575 g/mol. The average Bonchev–Trinajstić information content (AvgIpc) is 3.43. The summed E-state index contributed by atoms with van der Waals surface area (Å²) < 4.78 is 4.44. The van der Waals surface area contributed by atoms with E-state index >= 15 is 0 Å². The van der Waals surface area contributed by atoms with Gasteiger partial charge in [-0.25, -0.2) is 9.78 Å². The SMILES string of the molecule is Cl.Cl.Cn1c(=O)c2c(ccn2Cc2ccc(C(=O)c3ccc(N4CCC(N5CCCCC5)CC4)nc3)cc2)n(C)c1=O. The van der Waals surface area contributed by atoms with Crippen LogP contribution in [-0.4, -0.2) is 61.6 Å². The Bertz CT molecular complexity index is 1650. The summed E-state index contributed by atoms with van der Waals surface area (Å²) in [6.07, 6.45) is 9.86. The second-order valence-electron chi connectivity index (χ2n) is 11.1. The number of likely N-dealkylation sites (tertiary alicyclic amines) is 1. The number of aromatic nitrogens is 4. The molecular formula is C31H38Cl2N6O3. The van der Waals surface area contributed by atoms with E-state index in [2.05, 4.69) is 14.8 Å². The van der Waals surface area contributed by atoms with E-state index in [0.717, 1.165) is 29.0 Å². The molecule has 5 heterocycles. The molecule has 0 amide bonds. The van der Waals surface area contributed by atoms with E-state index in [1.165, 1.54) is 56.8 Å². The fraction of sp³-hybridized carbons (Fsp3) is 0.419. The molecule has 0 radical (unpaired) electrons. The van der Waals surface area contributed by atoms with E-state index in [4.69, 9.17) is 0 Å². The molecule has 2 saturated heterocycles. The Morgan fingerprint density at radius 3 is 2.14 bits per heavy atom. The van der Waals surface area contributed by atoms with Crippen molar-refractivity contribution in [3.63, 3.8) is 0 Å². The Balaban J connectivity index is 0.00000202. The Labute approximate surface area is 257 Å². The molecule has 2 fully saturated rings. The van der Waals surface area contributed by atoms with Crippen molar-refractivity contribution in [2.45, 2.75) is 44.7 Å². The smallest absolute Gasteiger partial charge is 0.331 e. The highest BCUT2D eigenvalue weighted by Crippen LogP contribution is 2.24. The van der Waals surface area contributed by atoms with Crippen molar-refractivity contribution in [1.29, 1.82) is 0 Å². The molecule has 6 rings (SSSR count). The van der Waals surface area contributed by atoms with Crippen molar-refractivity contribution in [2.24, 2.45) is 14.1 Å². The van der Waals surface area contributed by atoms with Crippen LogP contribution in [-0.2, 0) is 20.6 Å². The molecule has 9 nitrogen and oxygen atoms in total. The predicted molar refractivity (Wildman–Crippen MR) is 171 cm³/mol. The molecule has 0 atom stereocenters. The minimum absolute atomic E-state index is 0. The quantitative estimate of drug-likeness (QED) is 0.306. The van der Waals surface area contributed by atoms with Crippen molar-refractivity contribution in [2.75, 3.05) is 31.1 Å². The third kappa shape index (κ3) is 6.04. The summed E-state index contributed by atoms with van der Waals surface area (Å²) in [4.78, 5) is 47.8. The fourth-order valence-corrected chi connectivity index (χ4v) is 6.25. The van der Waals surface area contributed by atoms with Gasteiger partial charge in [0, 0.05) is 63.3 Å². The number of halogens is 2. The van der Waals surface area contributed by atoms with Gasteiger partial charge in [-0.2, -0.15) is 0 Å². The third-order valence-corrected chi connectivity index (χ3v) is 8.66. The lowest BCUT2D eigenvalue weighted by Gasteiger charge is -2.40. The van der Waals surface area contributed by atoms with E-state index in [9.17, 15) is 14.4 Å². The predicted octanol–water partition coefficient (Wildman–Crippen LogP) is 4.01. The van der Waals surface area contributed by atoms with Crippen LogP contribution < -0.4 is 16.1 Å². The third-order valence-electron chi connectivity index (χ3n) is 8.66. The number of carbonyl (C=O) groups is 1. The number of rotatable bonds is 6. The number of hydrogen-bond acceptors (Lipinski definition) is 6. The molecule has 0 aliphatic carbocycles. The van der Waals surface area contributed by atoms with Gasteiger partial charge in [0.2, 0.25) is 0 Å². The second kappa shape index (κ2) is 13.3. The van der Waals surface area contributed by atoms with Crippen molar-refractivity contribution < 1.29 is 4.79 Å². The number of benzene rings is 1. The Morgan fingerprint density at radius 2 is 1.50 bits per heavy atom. The molecule has 11 heteroatoms. The summed E-state index contributed by atoms with van der Waals surface area (Å²) in [6, 6.07) is 13.8. The molecule has 2 aliphatic rings. The van der Waals surface area contributed by atoms with E-state index in [-0.39, 0.29) is 41.8 Å².